The SMILES string of the molecule is CC(C)CC(c1ccc(Cl)cc1)N1C[C@H](C)N(C(=O)OC(C)(C)C)C[C@H]1C. The van der Waals surface area contributed by atoms with Gasteiger partial charge in [-0.15, -0.1) is 0 Å². The number of hydrogen-bond donors (Lipinski definition) is 0. The summed E-state index contributed by atoms with van der Waals surface area (Å²) < 4.78 is 5.61. The summed E-state index contributed by atoms with van der Waals surface area (Å²) in [7, 11) is 0. The average molecular weight is 395 g/mol. The number of nitrogens with zero attached hydrogens (tertiary/aromatic N) is 2. The van der Waals surface area contributed by atoms with Crippen molar-refractivity contribution in [2.75, 3.05) is 13.1 Å². The zero-order valence-electron chi connectivity index (χ0n) is 17.8. The van der Waals surface area contributed by atoms with Crippen LogP contribution in [0.15, 0.2) is 24.3 Å². The van der Waals surface area contributed by atoms with E-state index in [4.69, 9.17) is 16.3 Å². The Morgan fingerprint density at radius 2 is 1.74 bits per heavy atom. The summed E-state index contributed by atoms with van der Waals surface area (Å²) in [4.78, 5) is 17.0. The smallest absolute Gasteiger partial charge is 0.410 e. The molecule has 0 N–H and O–H groups in total. The third-order valence-corrected chi connectivity index (χ3v) is 5.26. The number of rotatable bonds is 4. The molecule has 0 aromatic heterocycles. The highest BCUT2D eigenvalue weighted by atomic mass is 35.5. The first-order valence-electron chi connectivity index (χ1n) is 9.98. The molecule has 152 valence electrons. The molecule has 0 saturated carbocycles. The summed E-state index contributed by atoms with van der Waals surface area (Å²) in [6, 6.07) is 8.89. The van der Waals surface area contributed by atoms with E-state index in [0.717, 1.165) is 18.0 Å². The van der Waals surface area contributed by atoms with E-state index in [9.17, 15) is 4.79 Å². The van der Waals surface area contributed by atoms with Crippen molar-refractivity contribution in [3.05, 3.63) is 34.9 Å². The van der Waals surface area contributed by atoms with Gasteiger partial charge in [-0.05, 0) is 64.7 Å². The first-order valence-corrected chi connectivity index (χ1v) is 10.4. The van der Waals surface area contributed by atoms with Crippen molar-refractivity contribution in [1.29, 1.82) is 0 Å². The molecular weight excluding hydrogens is 360 g/mol. The summed E-state index contributed by atoms with van der Waals surface area (Å²) in [6.45, 7) is 16.1. The maximum absolute atomic E-state index is 12.6. The van der Waals surface area contributed by atoms with E-state index >= 15 is 0 Å². The standard InChI is InChI=1S/C22H35ClN2O2/c1-15(2)12-20(18-8-10-19(23)11-9-18)24-13-17(4)25(14-16(24)3)21(26)27-22(5,6)7/h8-11,15-17,20H,12-14H2,1-7H3/t16-,17+,20?/m1/s1. The quantitative estimate of drug-likeness (QED) is 0.651. The predicted octanol–water partition coefficient (Wildman–Crippen LogP) is 5.76. The Balaban J connectivity index is 2.19. The molecule has 0 aliphatic carbocycles. The normalized spacial score (nSPS) is 22.8. The molecular formula is C22H35ClN2O2. The number of hydrogen-bond acceptors (Lipinski definition) is 3. The largest absolute Gasteiger partial charge is 0.444 e. The fourth-order valence-electron chi connectivity index (χ4n) is 3.76. The third-order valence-electron chi connectivity index (χ3n) is 5.01. The topological polar surface area (TPSA) is 32.8 Å². The van der Waals surface area contributed by atoms with Crippen molar-refractivity contribution >= 4 is 17.7 Å². The first kappa shape index (κ1) is 22.0. The van der Waals surface area contributed by atoms with Crippen LogP contribution in [0.5, 0.6) is 0 Å². The van der Waals surface area contributed by atoms with Crippen LogP contribution in [0.25, 0.3) is 0 Å². The van der Waals surface area contributed by atoms with Gasteiger partial charge in [0.1, 0.15) is 5.60 Å². The molecule has 5 heteroatoms. The monoisotopic (exact) mass is 394 g/mol. The lowest BCUT2D eigenvalue weighted by Crippen LogP contribution is -2.59. The summed E-state index contributed by atoms with van der Waals surface area (Å²) in [5.74, 6) is 0.581. The van der Waals surface area contributed by atoms with Crippen LogP contribution in [-0.2, 0) is 4.74 Å². The molecule has 1 fully saturated rings. The molecule has 1 aromatic rings. The molecule has 1 amide bonds. The van der Waals surface area contributed by atoms with Crippen molar-refractivity contribution in [2.45, 2.75) is 78.6 Å². The van der Waals surface area contributed by atoms with Crippen LogP contribution >= 0.6 is 11.6 Å². The van der Waals surface area contributed by atoms with Crippen LogP contribution in [0.4, 0.5) is 4.79 Å². The van der Waals surface area contributed by atoms with Gasteiger partial charge < -0.3 is 9.64 Å². The van der Waals surface area contributed by atoms with Gasteiger partial charge in [0.25, 0.3) is 0 Å². The fraction of sp³-hybridized carbons (Fsp3) is 0.682. The van der Waals surface area contributed by atoms with Crippen LogP contribution in [0.2, 0.25) is 5.02 Å². The second-order valence-corrected chi connectivity index (χ2v) is 9.66. The van der Waals surface area contributed by atoms with E-state index in [-0.39, 0.29) is 18.2 Å². The molecule has 0 radical (unpaired) electrons. The van der Waals surface area contributed by atoms with Crippen molar-refractivity contribution < 1.29 is 9.53 Å². The van der Waals surface area contributed by atoms with Gasteiger partial charge >= 0.3 is 6.09 Å². The summed E-state index contributed by atoms with van der Waals surface area (Å²) in [6.07, 6.45) is 0.860. The molecule has 1 aromatic carbocycles. The summed E-state index contributed by atoms with van der Waals surface area (Å²) in [5, 5.41) is 0.762. The molecule has 4 nitrogen and oxygen atoms in total. The van der Waals surface area contributed by atoms with Crippen molar-refractivity contribution in [3.8, 4) is 0 Å². The highest BCUT2D eigenvalue weighted by molar-refractivity contribution is 6.30. The van der Waals surface area contributed by atoms with Gasteiger partial charge in [-0.2, -0.15) is 0 Å². The van der Waals surface area contributed by atoms with Crippen molar-refractivity contribution in [1.82, 2.24) is 9.80 Å². The van der Waals surface area contributed by atoms with Gasteiger partial charge in [-0.3, -0.25) is 4.90 Å². The lowest BCUT2D eigenvalue weighted by atomic mass is 9.92. The minimum atomic E-state index is -0.472. The number of carbonyl (C=O) groups excluding carboxylic acids is 1. The number of ether oxygens (including phenoxy) is 1. The molecule has 0 spiro atoms. The van der Waals surface area contributed by atoms with E-state index < -0.39 is 5.60 Å². The van der Waals surface area contributed by atoms with Crippen LogP contribution in [0.1, 0.15) is 66.5 Å². The van der Waals surface area contributed by atoms with Gasteiger partial charge in [0.05, 0.1) is 0 Å². The van der Waals surface area contributed by atoms with Crippen LogP contribution in [-0.4, -0.2) is 46.7 Å². The minimum Gasteiger partial charge on any atom is -0.444 e. The Kier molecular flexibility index (Phi) is 7.20. The van der Waals surface area contributed by atoms with E-state index in [1.54, 1.807) is 0 Å². The Labute approximate surface area is 169 Å². The van der Waals surface area contributed by atoms with E-state index in [0.29, 0.717) is 18.5 Å². The lowest BCUT2D eigenvalue weighted by molar-refractivity contribution is -0.0225. The van der Waals surface area contributed by atoms with E-state index in [1.807, 2.05) is 37.8 Å². The zero-order valence-corrected chi connectivity index (χ0v) is 18.6. The molecule has 3 atom stereocenters. The Bertz CT molecular complexity index is 624. The highest BCUT2D eigenvalue weighted by Crippen LogP contribution is 2.33. The lowest BCUT2D eigenvalue weighted by Gasteiger charge is -2.47. The maximum atomic E-state index is 12.6. The van der Waals surface area contributed by atoms with Crippen molar-refractivity contribution in [2.24, 2.45) is 5.92 Å². The zero-order chi connectivity index (χ0) is 20.4. The van der Waals surface area contributed by atoms with Gasteiger partial charge in [0.15, 0.2) is 0 Å². The number of piperazine rings is 1. The van der Waals surface area contributed by atoms with Gasteiger partial charge in [-0.25, -0.2) is 4.79 Å². The van der Waals surface area contributed by atoms with E-state index in [2.05, 4.69) is 44.7 Å². The molecule has 1 saturated heterocycles. The highest BCUT2D eigenvalue weighted by Gasteiger charge is 2.37. The van der Waals surface area contributed by atoms with Crippen molar-refractivity contribution in [3.63, 3.8) is 0 Å². The third kappa shape index (κ3) is 6.11. The molecule has 1 unspecified atom stereocenters. The number of carbonyl (C=O) groups is 1. The maximum Gasteiger partial charge on any atom is 0.410 e. The molecule has 1 aliphatic heterocycles. The van der Waals surface area contributed by atoms with Crippen LogP contribution < -0.4 is 0 Å². The van der Waals surface area contributed by atoms with Gasteiger partial charge in [0.2, 0.25) is 0 Å². The summed E-state index contributed by atoms with van der Waals surface area (Å²) in [5.41, 5.74) is 0.818. The first-order chi connectivity index (χ1) is 12.5. The predicted molar refractivity (Wildman–Crippen MR) is 112 cm³/mol. The van der Waals surface area contributed by atoms with E-state index in [1.165, 1.54) is 5.56 Å². The molecule has 1 aliphatic rings. The van der Waals surface area contributed by atoms with Crippen LogP contribution in [0.3, 0.4) is 0 Å². The number of amides is 1. The second kappa shape index (κ2) is 8.83. The van der Waals surface area contributed by atoms with Gasteiger partial charge in [-0.1, -0.05) is 37.6 Å². The van der Waals surface area contributed by atoms with Crippen LogP contribution in [0, 0.1) is 5.92 Å². The second-order valence-electron chi connectivity index (χ2n) is 9.22. The number of benzene rings is 1. The minimum absolute atomic E-state index is 0.109. The van der Waals surface area contributed by atoms with Gasteiger partial charge in [0, 0.05) is 36.2 Å². The molecule has 0 bridgehead atoms. The average Bonchev–Trinajstić information content (AvgIpc) is 2.53. The Hall–Kier alpha value is -1.26. The molecule has 27 heavy (non-hydrogen) atoms. The summed E-state index contributed by atoms with van der Waals surface area (Å²) >= 11 is 6.09. The molecule has 1 heterocycles. The Morgan fingerprint density at radius 1 is 1.15 bits per heavy atom. The molecule has 2 rings (SSSR count). The Morgan fingerprint density at radius 3 is 2.26 bits per heavy atom. The fourth-order valence-corrected chi connectivity index (χ4v) is 3.88. The number of halogens is 1.